The number of rotatable bonds is 2. The van der Waals surface area contributed by atoms with Gasteiger partial charge in [0.05, 0.1) is 5.56 Å². The molecule has 0 radical (unpaired) electrons. The van der Waals surface area contributed by atoms with E-state index in [0.717, 1.165) is 16.8 Å². The smallest absolute Gasteiger partial charge is 0.231 e. The highest BCUT2D eigenvalue weighted by atomic mass is 16.5. The van der Waals surface area contributed by atoms with E-state index in [1.165, 1.54) is 0 Å². The largest absolute Gasteiger partial charge is 0.285 e. The van der Waals surface area contributed by atoms with E-state index >= 15 is 0 Å². The average Bonchev–Trinajstić information content (AvgIpc) is 2.19. The average molecular weight is 188 g/mol. The van der Waals surface area contributed by atoms with Crippen LogP contribution in [0.2, 0.25) is 0 Å². The lowest BCUT2D eigenvalue weighted by molar-refractivity contribution is -0.905. The van der Waals surface area contributed by atoms with Crippen LogP contribution in [0, 0.1) is 0 Å². The summed E-state index contributed by atoms with van der Waals surface area (Å²) in [6, 6.07) is 9.74. The first kappa shape index (κ1) is 8.69. The van der Waals surface area contributed by atoms with Crippen molar-refractivity contribution in [3.8, 4) is 0 Å². The van der Waals surface area contributed by atoms with Crippen molar-refractivity contribution in [1.29, 1.82) is 0 Å². The lowest BCUT2D eigenvalue weighted by Gasteiger charge is -1.93. The molecule has 0 aliphatic heterocycles. The number of pyridine rings is 2. The molecule has 0 unspecified atom stereocenters. The maximum Gasteiger partial charge on any atom is 0.231 e. The van der Waals surface area contributed by atoms with Crippen LogP contribution >= 0.6 is 0 Å². The van der Waals surface area contributed by atoms with Crippen molar-refractivity contribution in [2.45, 2.75) is 6.54 Å². The first-order chi connectivity index (χ1) is 6.84. The molecule has 0 fully saturated rings. The molecule has 0 aliphatic carbocycles. The first-order valence-corrected chi connectivity index (χ1v) is 4.48. The van der Waals surface area contributed by atoms with E-state index in [0.29, 0.717) is 0 Å². The molecule has 0 bridgehead atoms. The van der Waals surface area contributed by atoms with Gasteiger partial charge in [-0.25, -0.2) is 4.57 Å². The van der Waals surface area contributed by atoms with Crippen LogP contribution < -0.4 is 9.30 Å². The van der Waals surface area contributed by atoms with Crippen molar-refractivity contribution in [2.24, 2.45) is 0 Å². The summed E-state index contributed by atoms with van der Waals surface area (Å²) in [5.41, 5.74) is 1.06. The Morgan fingerprint density at radius 2 is 1.79 bits per heavy atom. The Morgan fingerprint density at radius 3 is 2.50 bits per heavy atom. The summed E-state index contributed by atoms with van der Waals surface area (Å²) in [5.74, 6) is 0. The molecular weight excluding hydrogens is 176 g/mol. The third-order valence-electron chi connectivity index (χ3n) is 1.99. The number of hydrogen-bond donors (Lipinski definition) is 1. The van der Waals surface area contributed by atoms with Gasteiger partial charge in [0, 0.05) is 22.9 Å². The van der Waals surface area contributed by atoms with Crippen molar-refractivity contribution in [3.05, 3.63) is 60.7 Å². The molecule has 1 N–H and O–H groups in total. The molecule has 0 spiro atoms. The molecule has 0 saturated carbocycles. The third-order valence-corrected chi connectivity index (χ3v) is 1.99. The SMILES string of the molecule is O[n+]1cccc(C[n+]2ccccc2)c1. The number of aromatic nitrogens is 2. The summed E-state index contributed by atoms with van der Waals surface area (Å²) in [4.78, 5) is 0. The fraction of sp³-hybridized carbons (Fsp3) is 0.0909. The molecule has 2 aromatic rings. The van der Waals surface area contributed by atoms with Crippen LogP contribution in [0.25, 0.3) is 0 Å². The molecular formula is C11H12N2O+2. The van der Waals surface area contributed by atoms with Gasteiger partial charge in [-0.1, -0.05) is 6.07 Å². The van der Waals surface area contributed by atoms with Gasteiger partial charge in [-0.15, -0.1) is 0 Å². The topological polar surface area (TPSA) is 28.0 Å². The minimum absolute atomic E-state index is 0.766. The van der Waals surface area contributed by atoms with Crippen LogP contribution in [0.1, 0.15) is 5.56 Å². The fourth-order valence-corrected chi connectivity index (χ4v) is 1.35. The zero-order valence-electron chi connectivity index (χ0n) is 7.74. The van der Waals surface area contributed by atoms with E-state index in [4.69, 9.17) is 0 Å². The molecule has 0 aliphatic rings. The van der Waals surface area contributed by atoms with Gasteiger partial charge in [-0.2, -0.15) is 0 Å². The second-order valence-electron chi connectivity index (χ2n) is 3.14. The zero-order chi connectivity index (χ0) is 9.80. The van der Waals surface area contributed by atoms with E-state index in [-0.39, 0.29) is 0 Å². The second-order valence-corrected chi connectivity index (χ2v) is 3.14. The molecule has 2 aromatic heterocycles. The van der Waals surface area contributed by atoms with Gasteiger partial charge >= 0.3 is 0 Å². The molecule has 14 heavy (non-hydrogen) atoms. The summed E-state index contributed by atoms with van der Waals surface area (Å²) >= 11 is 0. The van der Waals surface area contributed by atoms with Gasteiger partial charge in [0.25, 0.3) is 0 Å². The van der Waals surface area contributed by atoms with Gasteiger partial charge in [-0.3, -0.25) is 5.21 Å². The summed E-state index contributed by atoms with van der Waals surface area (Å²) in [5, 5.41) is 9.20. The van der Waals surface area contributed by atoms with E-state index < -0.39 is 0 Å². The highest BCUT2D eigenvalue weighted by Gasteiger charge is 2.05. The summed E-state index contributed by atoms with van der Waals surface area (Å²) in [6.07, 6.45) is 7.28. The van der Waals surface area contributed by atoms with Crippen LogP contribution in [0.3, 0.4) is 0 Å². The quantitative estimate of drug-likeness (QED) is 0.541. The Morgan fingerprint density at radius 1 is 1.00 bits per heavy atom. The molecule has 2 rings (SSSR count). The van der Waals surface area contributed by atoms with Crippen LogP contribution in [0.5, 0.6) is 0 Å². The highest BCUT2D eigenvalue weighted by Crippen LogP contribution is 1.92. The van der Waals surface area contributed by atoms with Crippen LogP contribution in [0.4, 0.5) is 0 Å². The highest BCUT2D eigenvalue weighted by molar-refractivity contribution is 5.03. The summed E-state index contributed by atoms with van der Waals surface area (Å²) in [7, 11) is 0. The lowest BCUT2D eigenvalue weighted by atomic mass is 10.3. The molecule has 0 atom stereocenters. The standard InChI is InChI=1S/C11H12N2O/c14-13-8-4-5-11(10-13)9-12-6-2-1-3-7-12/h1-8,10,14H,9H2/q+2. The van der Waals surface area contributed by atoms with E-state index in [1.807, 2.05) is 42.7 Å². The number of hydrogen-bond acceptors (Lipinski definition) is 1. The Balaban J connectivity index is 2.19. The van der Waals surface area contributed by atoms with E-state index in [1.54, 1.807) is 12.4 Å². The molecule has 0 amide bonds. The van der Waals surface area contributed by atoms with Gasteiger partial charge < -0.3 is 0 Å². The van der Waals surface area contributed by atoms with Crippen LogP contribution in [-0.4, -0.2) is 5.21 Å². The maximum atomic E-state index is 9.20. The van der Waals surface area contributed by atoms with Gasteiger partial charge in [0.15, 0.2) is 18.9 Å². The van der Waals surface area contributed by atoms with Crippen molar-refractivity contribution >= 4 is 0 Å². The molecule has 3 nitrogen and oxygen atoms in total. The zero-order valence-corrected chi connectivity index (χ0v) is 7.74. The summed E-state index contributed by atoms with van der Waals surface area (Å²) < 4.78 is 3.12. The monoisotopic (exact) mass is 188 g/mol. The minimum atomic E-state index is 0.766. The maximum absolute atomic E-state index is 9.20. The van der Waals surface area contributed by atoms with Gasteiger partial charge in [-0.05, 0) is 6.07 Å². The molecule has 0 aromatic carbocycles. The summed E-state index contributed by atoms with van der Waals surface area (Å²) in [6.45, 7) is 0.766. The molecule has 2 heterocycles. The number of nitrogens with zero attached hydrogens (tertiary/aromatic N) is 2. The minimum Gasteiger partial charge on any atom is -0.285 e. The Bertz CT molecular complexity index is 415. The van der Waals surface area contributed by atoms with Gasteiger partial charge in [0.1, 0.15) is 0 Å². The van der Waals surface area contributed by atoms with Crippen LogP contribution in [-0.2, 0) is 6.54 Å². The Labute approximate surface area is 82.5 Å². The van der Waals surface area contributed by atoms with Gasteiger partial charge in [0.2, 0.25) is 12.4 Å². The first-order valence-electron chi connectivity index (χ1n) is 4.48. The Kier molecular flexibility index (Phi) is 2.40. The van der Waals surface area contributed by atoms with Crippen molar-refractivity contribution < 1.29 is 14.5 Å². The van der Waals surface area contributed by atoms with E-state index in [9.17, 15) is 5.21 Å². The van der Waals surface area contributed by atoms with Crippen LogP contribution in [0.15, 0.2) is 55.1 Å². The lowest BCUT2D eigenvalue weighted by Crippen LogP contribution is -2.35. The van der Waals surface area contributed by atoms with Crippen molar-refractivity contribution in [1.82, 2.24) is 0 Å². The predicted molar refractivity (Wildman–Crippen MR) is 49.6 cm³/mol. The predicted octanol–water partition coefficient (Wildman–Crippen LogP) is 0.547. The van der Waals surface area contributed by atoms with Crippen molar-refractivity contribution in [3.63, 3.8) is 0 Å². The Hall–Kier alpha value is -1.90. The fourth-order valence-electron chi connectivity index (χ4n) is 1.35. The third kappa shape index (κ3) is 2.07. The molecule has 0 saturated heterocycles. The van der Waals surface area contributed by atoms with E-state index in [2.05, 4.69) is 4.57 Å². The second kappa shape index (κ2) is 3.87. The molecule has 70 valence electrons. The normalized spacial score (nSPS) is 10.0. The van der Waals surface area contributed by atoms with Crippen molar-refractivity contribution in [2.75, 3.05) is 0 Å². The molecule has 3 heteroatoms.